The number of benzene rings is 1. The number of hydrogen-bond acceptors (Lipinski definition) is 9. The van der Waals surface area contributed by atoms with Crippen molar-refractivity contribution in [1.29, 1.82) is 5.41 Å². The molecule has 1 aromatic heterocycles. The lowest BCUT2D eigenvalue weighted by Crippen LogP contribution is -2.44. The topological polar surface area (TPSA) is 150 Å². The second-order valence-corrected chi connectivity index (χ2v) is 9.64. The average Bonchev–Trinajstić information content (AvgIpc) is 2.93. The largest absolute Gasteiger partial charge is 0.383 e. The number of morpholine rings is 1. The Hall–Kier alpha value is -3.54. The van der Waals surface area contributed by atoms with E-state index < -0.39 is 0 Å². The number of hydrogen-bond donors (Lipinski definition) is 4. The molecule has 2 amide bonds. The number of amides is 2. The molecule has 2 aliphatic heterocycles. The van der Waals surface area contributed by atoms with Crippen molar-refractivity contribution in [3.8, 4) is 0 Å². The van der Waals surface area contributed by atoms with Gasteiger partial charge in [0.1, 0.15) is 18.0 Å². The fourth-order valence-electron chi connectivity index (χ4n) is 4.62. The van der Waals surface area contributed by atoms with Crippen LogP contribution in [0.3, 0.4) is 0 Å². The van der Waals surface area contributed by atoms with E-state index in [4.69, 9.17) is 27.5 Å². The van der Waals surface area contributed by atoms with E-state index in [1.165, 1.54) is 12.4 Å². The third-order valence-electron chi connectivity index (χ3n) is 6.69. The molecule has 1 aromatic carbocycles. The first-order valence-electron chi connectivity index (χ1n) is 12.6. The minimum Gasteiger partial charge on any atom is -0.383 e. The summed E-state index contributed by atoms with van der Waals surface area (Å²) in [6.45, 7) is 9.06. The second kappa shape index (κ2) is 12.8. The van der Waals surface area contributed by atoms with Crippen LogP contribution in [-0.4, -0.2) is 95.8 Å². The third-order valence-corrected chi connectivity index (χ3v) is 7.01. The zero-order chi connectivity index (χ0) is 27.1. The predicted octanol–water partition coefficient (Wildman–Crippen LogP) is 1.78. The number of nitrogen functional groups attached to an aromatic ring is 1. The summed E-state index contributed by atoms with van der Waals surface area (Å²) in [5.41, 5.74) is 7.38. The number of nitrogens with one attached hydrogen (secondary N) is 3. The number of nitrogens with two attached hydrogens (primary N) is 1. The van der Waals surface area contributed by atoms with E-state index in [2.05, 4.69) is 32.1 Å². The summed E-state index contributed by atoms with van der Waals surface area (Å²) in [7, 11) is 0. The Balaban J connectivity index is 1.44. The maximum Gasteiger partial charge on any atom is 0.252 e. The second-order valence-electron chi connectivity index (χ2n) is 9.23. The minimum atomic E-state index is -0.276. The molecule has 2 fully saturated rings. The van der Waals surface area contributed by atoms with Gasteiger partial charge in [0.2, 0.25) is 5.91 Å². The van der Waals surface area contributed by atoms with Crippen LogP contribution in [-0.2, 0) is 9.53 Å². The van der Waals surface area contributed by atoms with Crippen molar-refractivity contribution in [2.45, 2.75) is 18.9 Å². The van der Waals surface area contributed by atoms with Crippen LogP contribution in [0.15, 0.2) is 37.2 Å². The van der Waals surface area contributed by atoms with Crippen LogP contribution in [0.4, 0.5) is 11.6 Å². The van der Waals surface area contributed by atoms with Gasteiger partial charge >= 0.3 is 0 Å². The summed E-state index contributed by atoms with van der Waals surface area (Å²) in [5, 5.41) is 15.3. The molecule has 4 rings (SSSR count). The zero-order valence-electron chi connectivity index (χ0n) is 21.2. The molecule has 3 heterocycles. The molecule has 1 unspecified atom stereocenters. The summed E-state index contributed by atoms with van der Waals surface area (Å²) < 4.78 is 5.34. The lowest BCUT2D eigenvalue weighted by atomic mass is 10.0. The molecule has 5 N–H and O–H groups in total. The molecule has 38 heavy (non-hydrogen) atoms. The molecule has 1 atom stereocenters. The number of piperidine rings is 1. The van der Waals surface area contributed by atoms with Crippen LogP contribution in [0.2, 0.25) is 5.02 Å². The number of likely N-dealkylation sites (tertiary alicyclic amines) is 1. The maximum atomic E-state index is 12.7. The van der Waals surface area contributed by atoms with Crippen LogP contribution in [0.5, 0.6) is 0 Å². The van der Waals surface area contributed by atoms with Crippen molar-refractivity contribution in [3.63, 3.8) is 0 Å². The highest BCUT2D eigenvalue weighted by Gasteiger charge is 2.25. The molecule has 0 aliphatic carbocycles. The van der Waals surface area contributed by atoms with Crippen molar-refractivity contribution >= 4 is 40.8 Å². The Morgan fingerprint density at radius 2 is 2.05 bits per heavy atom. The molecule has 2 aliphatic rings. The number of anilines is 2. The van der Waals surface area contributed by atoms with Crippen LogP contribution in [0.1, 0.15) is 34.3 Å². The first kappa shape index (κ1) is 27.5. The van der Waals surface area contributed by atoms with Crippen molar-refractivity contribution in [2.24, 2.45) is 0 Å². The fraction of sp³-hybridized carbons (Fsp3) is 0.423. The lowest BCUT2D eigenvalue weighted by Gasteiger charge is -2.33. The predicted molar refractivity (Wildman–Crippen MR) is 147 cm³/mol. The van der Waals surface area contributed by atoms with Gasteiger partial charge in [0.15, 0.2) is 0 Å². The number of rotatable bonds is 9. The molecule has 0 spiro atoms. The van der Waals surface area contributed by atoms with E-state index in [1.54, 1.807) is 23.1 Å². The summed E-state index contributed by atoms with van der Waals surface area (Å²) in [6, 6.07) is 4.76. The summed E-state index contributed by atoms with van der Waals surface area (Å²) in [5.74, 6) is 0.151. The van der Waals surface area contributed by atoms with Gasteiger partial charge in [0, 0.05) is 50.9 Å². The highest BCUT2D eigenvalue weighted by Crippen LogP contribution is 2.26. The monoisotopic (exact) mass is 540 g/mol. The van der Waals surface area contributed by atoms with Gasteiger partial charge < -0.3 is 26.0 Å². The number of nitrogens with zero attached hydrogens (tertiary/aromatic N) is 4. The molecule has 2 aromatic rings. The van der Waals surface area contributed by atoms with Gasteiger partial charge in [0.05, 0.1) is 35.1 Å². The van der Waals surface area contributed by atoms with Gasteiger partial charge in [-0.25, -0.2) is 9.97 Å². The highest BCUT2D eigenvalue weighted by molar-refractivity contribution is 6.34. The van der Waals surface area contributed by atoms with Gasteiger partial charge in [0.25, 0.3) is 5.91 Å². The van der Waals surface area contributed by atoms with E-state index in [-0.39, 0.29) is 34.4 Å². The summed E-state index contributed by atoms with van der Waals surface area (Å²) >= 11 is 6.47. The lowest BCUT2D eigenvalue weighted by molar-refractivity contribution is -0.127. The van der Waals surface area contributed by atoms with E-state index in [0.717, 1.165) is 32.5 Å². The van der Waals surface area contributed by atoms with E-state index in [9.17, 15) is 9.59 Å². The molecule has 0 radical (unpaired) electrons. The molecular formula is C26H33ClN8O3. The first-order valence-corrected chi connectivity index (χ1v) is 13.0. The summed E-state index contributed by atoms with van der Waals surface area (Å²) in [6.07, 6.45) is 4.31. The molecular weight excluding hydrogens is 508 g/mol. The minimum absolute atomic E-state index is 0.0689. The molecule has 11 nitrogen and oxygen atoms in total. The molecule has 0 saturated carbocycles. The average molecular weight is 541 g/mol. The van der Waals surface area contributed by atoms with Crippen LogP contribution >= 0.6 is 11.6 Å². The normalized spacial score (nSPS) is 18.0. The third kappa shape index (κ3) is 6.66. The van der Waals surface area contributed by atoms with Crippen LogP contribution in [0, 0.1) is 5.41 Å². The molecule has 12 heteroatoms. The quantitative estimate of drug-likeness (QED) is 0.278. The van der Waals surface area contributed by atoms with Crippen molar-refractivity contribution in [1.82, 2.24) is 25.1 Å². The van der Waals surface area contributed by atoms with Crippen molar-refractivity contribution in [3.05, 3.63) is 58.9 Å². The standard InChI is InChI=1S/C26H33ClN8O3/c1-2-21(36)35-8-3-4-18(15-35)33-25-22(24(29)31-16-32-25)23(28)17-5-6-19(20(27)14-17)26(37)30-7-9-34-10-12-38-13-11-34/h2,5-6,14,16,18,28H,1,3-4,7-13,15H2,(H,30,37)(H3,29,31,32,33). The Bertz CT molecular complexity index is 1200. The van der Waals surface area contributed by atoms with Gasteiger partial charge in [-0.2, -0.15) is 0 Å². The smallest absolute Gasteiger partial charge is 0.252 e. The maximum absolute atomic E-state index is 12.7. The summed E-state index contributed by atoms with van der Waals surface area (Å²) in [4.78, 5) is 37.2. The highest BCUT2D eigenvalue weighted by atomic mass is 35.5. The Kier molecular flexibility index (Phi) is 9.27. The van der Waals surface area contributed by atoms with Crippen LogP contribution < -0.4 is 16.4 Å². The van der Waals surface area contributed by atoms with E-state index in [1.807, 2.05) is 0 Å². The van der Waals surface area contributed by atoms with E-state index in [0.29, 0.717) is 55.4 Å². The zero-order valence-corrected chi connectivity index (χ0v) is 22.0. The number of aromatic nitrogens is 2. The van der Waals surface area contributed by atoms with Gasteiger partial charge in [-0.3, -0.25) is 19.9 Å². The van der Waals surface area contributed by atoms with Gasteiger partial charge in [-0.05, 0) is 31.1 Å². The van der Waals surface area contributed by atoms with E-state index >= 15 is 0 Å². The molecule has 2 saturated heterocycles. The molecule has 0 bridgehead atoms. The van der Waals surface area contributed by atoms with Gasteiger partial charge in [-0.15, -0.1) is 0 Å². The van der Waals surface area contributed by atoms with Gasteiger partial charge in [-0.1, -0.05) is 24.2 Å². The molecule has 202 valence electrons. The number of carbonyl (C=O) groups excluding carboxylic acids is 2. The first-order chi connectivity index (χ1) is 18.4. The number of carbonyl (C=O) groups is 2. The number of ether oxygens (including phenoxy) is 1. The SMILES string of the molecule is C=CC(=O)N1CCCC(Nc2ncnc(N)c2C(=N)c2ccc(C(=O)NCCN3CCOCC3)c(Cl)c2)C1. The van der Waals surface area contributed by atoms with Crippen LogP contribution in [0.25, 0.3) is 0 Å². The Labute approximate surface area is 226 Å². The fourth-order valence-corrected chi connectivity index (χ4v) is 4.89. The Morgan fingerprint density at radius 3 is 2.79 bits per heavy atom. The van der Waals surface area contributed by atoms with Crippen molar-refractivity contribution < 1.29 is 14.3 Å². The number of halogens is 1. The Morgan fingerprint density at radius 1 is 1.26 bits per heavy atom. The van der Waals surface area contributed by atoms with Crippen molar-refractivity contribution in [2.75, 3.05) is 63.5 Å².